The molecule has 0 bridgehead atoms. The van der Waals surface area contributed by atoms with E-state index in [2.05, 4.69) is 35.3 Å². The molecule has 1 saturated heterocycles. The van der Waals surface area contributed by atoms with E-state index >= 15 is 0 Å². The third-order valence-electron chi connectivity index (χ3n) is 3.25. The average Bonchev–Trinajstić information content (AvgIpc) is 2.64. The maximum Gasteiger partial charge on any atom is 0.193 e. The van der Waals surface area contributed by atoms with Crippen LogP contribution < -0.4 is 5.32 Å². The zero-order valence-corrected chi connectivity index (χ0v) is 15.3. The molecule has 1 aliphatic heterocycles. The molecular weight excluding hydrogens is 357 g/mol. The van der Waals surface area contributed by atoms with Gasteiger partial charge in [0.15, 0.2) is 5.96 Å². The number of rotatable bonds is 5. The zero-order valence-electron chi connectivity index (χ0n) is 12.2. The number of unbranched alkanes of at least 4 members (excludes halogenated alkanes) is 1. The lowest BCUT2D eigenvalue weighted by Gasteiger charge is -2.23. The minimum Gasteiger partial charge on any atom is -0.356 e. The minimum absolute atomic E-state index is 0. The van der Waals surface area contributed by atoms with Gasteiger partial charge in [-0.1, -0.05) is 13.8 Å². The van der Waals surface area contributed by atoms with Gasteiger partial charge in [-0.15, -0.1) is 24.0 Å². The van der Waals surface area contributed by atoms with Crippen molar-refractivity contribution in [2.24, 2.45) is 10.4 Å². The summed E-state index contributed by atoms with van der Waals surface area (Å²) in [5.41, 5.74) is 0.441. The molecule has 0 atom stereocenters. The first-order valence-corrected chi connectivity index (χ1v) is 7.93. The molecule has 0 unspecified atom stereocenters. The summed E-state index contributed by atoms with van der Waals surface area (Å²) in [6.07, 6.45) is 5.95. The van der Waals surface area contributed by atoms with Crippen LogP contribution in [0.25, 0.3) is 0 Å². The van der Waals surface area contributed by atoms with Gasteiger partial charge in [-0.3, -0.25) is 4.99 Å². The predicted octanol–water partition coefficient (Wildman–Crippen LogP) is 3.05. The van der Waals surface area contributed by atoms with Crippen molar-refractivity contribution in [2.75, 3.05) is 38.7 Å². The Bertz CT molecular complexity index is 257. The normalized spacial score (nSPS) is 18.7. The summed E-state index contributed by atoms with van der Waals surface area (Å²) in [6, 6.07) is 0. The highest BCUT2D eigenvalue weighted by Gasteiger charge is 2.30. The van der Waals surface area contributed by atoms with E-state index in [4.69, 9.17) is 0 Å². The Balaban J connectivity index is 0.00000289. The average molecular weight is 385 g/mol. The Kier molecular flexibility index (Phi) is 9.47. The van der Waals surface area contributed by atoms with Gasteiger partial charge in [-0.25, -0.2) is 0 Å². The third kappa shape index (κ3) is 6.50. The van der Waals surface area contributed by atoms with Crippen LogP contribution in [-0.4, -0.2) is 49.6 Å². The standard InChI is InChI=1S/C13H27N3S.HI/c1-13(2)7-9-16(11-13)12(14-3)15-8-5-6-10-17-4;/h5-11H2,1-4H3,(H,14,15);1H. The van der Waals surface area contributed by atoms with E-state index in [1.165, 1.54) is 25.0 Å². The molecule has 18 heavy (non-hydrogen) atoms. The van der Waals surface area contributed by atoms with Gasteiger partial charge in [0, 0.05) is 26.7 Å². The van der Waals surface area contributed by atoms with Gasteiger partial charge in [0.2, 0.25) is 0 Å². The Labute approximate surface area is 134 Å². The van der Waals surface area contributed by atoms with Crippen LogP contribution in [0.1, 0.15) is 33.1 Å². The summed E-state index contributed by atoms with van der Waals surface area (Å²) in [7, 11) is 1.88. The van der Waals surface area contributed by atoms with Crippen LogP contribution in [0.4, 0.5) is 0 Å². The summed E-state index contributed by atoms with van der Waals surface area (Å²) < 4.78 is 0. The Morgan fingerprint density at radius 1 is 1.39 bits per heavy atom. The van der Waals surface area contributed by atoms with Gasteiger partial charge in [-0.05, 0) is 36.7 Å². The summed E-state index contributed by atoms with van der Waals surface area (Å²) in [5.74, 6) is 2.34. The molecule has 1 aliphatic rings. The number of nitrogens with one attached hydrogen (secondary N) is 1. The summed E-state index contributed by atoms with van der Waals surface area (Å²) >= 11 is 1.92. The quantitative estimate of drug-likeness (QED) is 0.341. The van der Waals surface area contributed by atoms with Gasteiger partial charge in [0.1, 0.15) is 0 Å². The van der Waals surface area contributed by atoms with Crippen molar-refractivity contribution in [1.82, 2.24) is 10.2 Å². The van der Waals surface area contributed by atoms with E-state index in [0.29, 0.717) is 5.41 Å². The molecule has 0 aromatic rings. The number of halogens is 1. The van der Waals surface area contributed by atoms with Crippen LogP contribution in [0.5, 0.6) is 0 Å². The molecule has 0 radical (unpaired) electrons. The maximum atomic E-state index is 4.38. The SMILES string of the molecule is CN=C(NCCCCSC)N1CCC(C)(C)C1.I. The van der Waals surface area contributed by atoms with Gasteiger partial charge < -0.3 is 10.2 Å². The lowest BCUT2D eigenvalue weighted by atomic mass is 9.93. The van der Waals surface area contributed by atoms with Crippen molar-refractivity contribution in [3.63, 3.8) is 0 Å². The smallest absolute Gasteiger partial charge is 0.193 e. The predicted molar refractivity (Wildman–Crippen MR) is 94.4 cm³/mol. The number of hydrogen-bond acceptors (Lipinski definition) is 2. The molecule has 0 saturated carbocycles. The lowest BCUT2D eigenvalue weighted by Crippen LogP contribution is -2.41. The van der Waals surface area contributed by atoms with Gasteiger partial charge in [0.25, 0.3) is 0 Å². The second-order valence-corrected chi connectivity index (χ2v) is 6.50. The van der Waals surface area contributed by atoms with Crippen LogP contribution in [0.2, 0.25) is 0 Å². The Hall–Kier alpha value is 0.350. The zero-order chi connectivity index (χ0) is 12.7. The first-order valence-electron chi connectivity index (χ1n) is 6.53. The first kappa shape index (κ1) is 18.4. The summed E-state index contributed by atoms with van der Waals surface area (Å²) in [5, 5.41) is 3.47. The molecular formula is C13H28IN3S. The van der Waals surface area contributed by atoms with Gasteiger partial charge >= 0.3 is 0 Å². The molecule has 1 rings (SSSR count). The molecule has 0 amide bonds. The molecule has 1 fully saturated rings. The van der Waals surface area contributed by atoms with E-state index in [0.717, 1.165) is 25.6 Å². The summed E-state index contributed by atoms with van der Waals surface area (Å²) in [6.45, 7) is 7.97. The largest absolute Gasteiger partial charge is 0.356 e. The molecule has 1 N–H and O–H groups in total. The number of aliphatic imine (C=N–C) groups is 1. The fourth-order valence-electron chi connectivity index (χ4n) is 2.20. The van der Waals surface area contributed by atoms with Crippen LogP contribution in [-0.2, 0) is 0 Å². The van der Waals surface area contributed by atoms with Crippen molar-refractivity contribution in [3.8, 4) is 0 Å². The Morgan fingerprint density at radius 2 is 2.11 bits per heavy atom. The van der Waals surface area contributed by atoms with Crippen molar-refractivity contribution in [3.05, 3.63) is 0 Å². The molecule has 0 aromatic heterocycles. The molecule has 0 aliphatic carbocycles. The number of hydrogen-bond donors (Lipinski definition) is 1. The monoisotopic (exact) mass is 385 g/mol. The third-order valence-corrected chi connectivity index (χ3v) is 3.94. The number of guanidine groups is 1. The van der Waals surface area contributed by atoms with E-state index in [1.54, 1.807) is 0 Å². The highest BCUT2D eigenvalue weighted by atomic mass is 127. The fraction of sp³-hybridized carbons (Fsp3) is 0.923. The van der Waals surface area contributed by atoms with Crippen LogP contribution in [0.3, 0.4) is 0 Å². The van der Waals surface area contributed by atoms with E-state index in [1.807, 2.05) is 18.8 Å². The van der Waals surface area contributed by atoms with Crippen molar-refractivity contribution < 1.29 is 0 Å². The van der Waals surface area contributed by atoms with Crippen LogP contribution in [0, 0.1) is 5.41 Å². The molecule has 0 spiro atoms. The summed E-state index contributed by atoms with van der Waals surface area (Å²) in [4.78, 5) is 6.76. The van der Waals surface area contributed by atoms with E-state index in [9.17, 15) is 0 Å². The molecule has 5 heteroatoms. The molecule has 3 nitrogen and oxygen atoms in total. The number of nitrogens with zero attached hydrogens (tertiary/aromatic N) is 2. The first-order chi connectivity index (χ1) is 8.09. The molecule has 0 aromatic carbocycles. The Morgan fingerprint density at radius 3 is 2.61 bits per heavy atom. The second kappa shape index (κ2) is 9.28. The number of thioether (sulfide) groups is 1. The minimum atomic E-state index is 0. The van der Waals surface area contributed by atoms with Crippen LogP contribution in [0.15, 0.2) is 4.99 Å². The van der Waals surface area contributed by atoms with E-state index < -0.39 is 0 Å². The fourth-order valence-corrected chi connectivity index (χ4v) is 2.69. The van der Waals surface area contributed by atoms with Gasteiger partial charge in [0.05, 0.1) is 0 Å². The van der Waals surface area contributed by atoms with E-state index in [-0.39, 0.29) is 24.0 Å². The topological polar surface area (TPSA) is 27.6 Å². The second-order valence-electron chi connectivity index (χ2n) is 5.51. The van der Waals surface area contributed by atoms with Crippen molar-refractivity contribution in [2.45, 2.75) is 33.1 Å². The van der Waals surface area contributed by atoms with Crippen molar-refractivity contribution >= 4 is 41.7 Å². The van der Waals surface area contributed by atoms with Crippen LogP contribution >= 0.6 is 35.7 Å². The van der Waals surface area contributed by atoms with Crippen molar-refractivity contribution in [1.29, 1.82) is 0 Å². The lowest BCUT2D eigenvalue weighted by molar-refractivity contribution is 0.370. The highest BCUT2D eigenvalue weighted by molar-refractivity contribution is 14.0. The maximum absolute atomic E-state index is 4.38. The molecule has 108 valence electrons. The highest BCUT2D eigenvalue weighted by Crippen LogP contribution is 2.28. The van der Waals surface area contributed by atoms with Gasteiger partial charge in [-0.2, -0.15) is 11.8 Å². The number of likely N-dealkylation sites (tertiary alicyclic amines) is 1. The molecule has 1 heterocycles.